The average Bonchev–Trinajstić information content (AvgIpc) is 2.64. The third-order valence-corrected chi connectivity index (χ3v) is 4.32. The van der Waals surface area contributed by atoms with Crippen molar-refractivity contribution in [3.05, 3.63) is 46.5 Å². The molecule has 0 heterocycles. The first-order valence-corrected chi connectivity index (χ1v) is 8.18. The van der Waals surface area contributed by atoms with E-state index in [1.54, 1.807) is 30.3 Å². The molecule has 1 N–H and O–H groups in total. The predicted molar refractivity (Wildman–Crippen MR) is 98.2 cm³/mol. The number of halogens is 1. The van der Waals surface area contributed by atoms with Crippen LogP contribution in [0.2, 0.25) is 5.02 Å². The lowest BCUT2D eigenvalue weighted by molar-refractivity contribution is -0.138. The lowest BCUT2D eigenvalue weighted by atomic mass is 9.91. The summed E-state index contributed by atoms with van der Waals surface area (Å²) >= 11 is 6.22. The highest BCUT2D eigenvalue weighted by molar-refractivity contribution is 6.32. The van der Waals surface area contributed by atoms with Gasteiger partial charge in [0.1, 0.15) is 0 Å². The molecule has 26 heavy (non-hydrogen) atoms. The molecule has 2 aromatic rings. The number of benzene rings is 2. The lowest BCUT2D eigenvalue weighted by Crippen LogP contribution is -2.15. The number of methoxy groups -OCH3 is 4. The van der Waals surface area contributed by atoms with Crippen molar-refractivity contribution in [3.63, 3.8) is 0 Å². The van der Waals surface area contributed by atoms with Crippen molar-refractivity contribution in [1.29, 1.82) is 0 Å². The zero-order chi connectivity index (χ0) is 19.3. The summed E-state index contributed by atoms with van der Waals surface area (Å²) in [4.78, 5) is 11.9. The van der Waals surface area contributed by atoms with Gasteiger partial charge in [-0.05, 0) is 41.8 Å². The van der Waals surface area contributed by atoms with E-state index in [9.17, 15) is 9.90 Å². The van der Waals surface area contributed by atoms with Crippen LogP contribution in [-0.2, 0) is 11.2 Å². The van der Waals surface area contributed by atoms with Crippen LogP contribution in [0, 0.1) is 0 Å². The standard InChI is InChI=1S/C19H21ClO6/c1-23-15-6-5-12(10-16(15)24-2)13(19(21)22)7-11-8-14(20)18(26-4)17(9-11)25-3/h5-6,8-10,13H,7H2,1-4H3,(H,21,22). The second-order valence-corrected chi connectivity index (χ2v) is 5.93. The van der Waals surface area contributed by atoms with E-state index in [-0.39, 0.29) is 6.42 Å². The molecule has 0 aliphatic heterocycles. The van der Waals surface area contributed by atoms with E-state index in [1.807, 2.05) is 0 Å². The van der Waals surface area contributed by atoms with Crippen LogP contribution >= 0.6 is 11.6 Å². The van der Waals surface area contributed by atoms with E-state index in [4.69, 9.17) is 30.5 Å². The molecule has 140 valence electrons. The molecule has 2 aromatic carbocycles. The molecule has 0 fully saturated rings. The Morgan fingerprint density at radius 3 is 2.15 bits per heavy atom. The molecule has 7 heteroatoms. The van der Waals surface area contributed by atoms with Crippen molar-refractivity contribution < 1.29 is 28.8 Å². The number of rotatable bonds is 8. The first kappa shape index (κ1) is 19.7. The molecule has 0 aliphatic carbocycles. The van der Waals surface area contributed by atoms with Crippen molar-refractivity contribution in [2.45, 2.75) is 12.3 Å². The second-order valence-electron chi connectivity index (χ2n) is 5.52. The van der Waals surface area contributed by atoms with Gasteiger partial charge >= 0.3 is 5.97 Å². The topological polar surface area (TPSA) is 74.2 Å². The maximum absolute atomic E-state index is 11.9. The van der Waals surface area contributed by atoms with Gasteiger partial charge in [0.25, 0.3) is 0 Å². The Kier molecular flexibility index (Phi) is 6.58. The normalized spacial score (nSPS) is 11.6. The highest BCUT2D eigenvalue weighted by Gasteiger charge is 2.23. The smallest absolute Gasteiger partial charge is 0.311 e. The Bertz CT molecular complexity index is 790. The minimum atomic E-state index is -0.955. The van der Waals surface area contributed by atoms with Crippen LogP contribution in [0.25, 0.3) is 0 Å². The number of hydrogen-bond acceptors (Lipinski definition) is 5. The first-order valence-electron chi connectivity index (χ1n) is 7.80. The van der Waals surface area contributed by atoms with Gasteiger partial charge in [-0.1, -0.05) is 17.7 Å². The Balaban J connectivity index is 2.41. The number of aliphatic carboxylic acids is 1. The summed E-state index contributed by atoms with van der Waals surface area (Å²) < 4.78 is 21.0. The van der Waals surface area contributed by atoms with Gasteiger partial charge in [0.2, 0.25) is 0 Å². The molecule has 0 spiro atoms. The number of carboxylic acid groups (broad SMARTS) is 1. The van der Waals surface area contributed by atoms with E-state index in [0.29, 0.717) is 33.6 Å². The Labute approximate surface area is 157 Å². The summed E-state index contributed by atoms with van der Waals surface area (Å²) in [6.07, 6.45) is 0.227. The van der Waals surface area contributed by atoms with Gasteiger partial charge in [-0.2, -0.15) is 0 Å². The van der Waals surface area contributed by atoms with E-state index in [0.717, 1.165) is 5.56 Å². The van der Waals surface area contributed by atoms with E-state index < -0.39 is 11.9 Å². The van der Waals surface area contributed by atoms with Gasteiger partial charge < -0.3 is 24.1 Å². The quantitative estimate of drug-likeness (QED) is 0.751. The molecular weight excluding hydrogens is 360 g/mol. The number of hydrogen-bond donors (Lipinski definition) is 1. The summed E-state index contributed by atoms with van der Waals surface area (Å²) in [7, 11) is 6.03. The fourth-order valence-electron chi connectivity index (χ4n) is 2.74. The second kappa shape index (κ2) is 8.67. The zero-order valence-corrected chi connectivity index (χ0v) is 15.8. The first-order chi connectivity index (χ1) is 12.4. The van der Waals surface area contributed by atoms with Crippen molar-refractivity contribution in [1.82, 2.24) is 0 Å². The third kappa shape index (κ3) is 4.14. The van der Waals surface area contributed by atoms with Crippen LogP contribution in [-0.4, -0.2) is 39.5 Å². The molecule has 0 aromatic heterocycles. The van der Waals surface area contributed by atoms with Gasteiger partial charge in [0.15, 0.2) is 23.0 Å². The molecule has 2 rings (SSSR count). The highest BCUT2D eigenvalue weighted by Crippen LogP contribution is 2.38. The largest absolute Gasteiger partial charge is 0.493 e. The molecule has 0 bridgehead atoms. The van der Waals surface area contributed by atoms with Crippen molar-refractivity contribution in [2.24, 2.45) is 0 Å². The van der Waals surface area contributed by atoms with Gasteiger partial charge in [-0.25, -0.2) is 0 Å². The van der Waals surface area contributed by atoms with Gasteiger partial charge in [-0.3, -0.25) is 4.79 Å². The number of carboxylic acids is 1. The van der Waals surface area contributed by atoms with E-state index in [2.05, 4.69) is 0 Å². The van der Waals surface area contributed by atoms with E-state index >= 15 is 0 Å². The average molecular weight is 381 g/mol. The lowest BCUT2D eigenvalue weighted by Gasteiger charge is -2.17. The molecule has 1 atom stereocenters. The van der Waals surface area contributed by atoms with Crippen LogP contribution < -0.4 is 18.9 Å². The molecule has 0 radical (unpaired) electrons. The van der Waals surface area contributed by atoms with Crippen LogP contribution in [0.3, 0.4) is 0 Å². The number of carbonyl (C=O) groups is 1. The molecule has 0 amide bonds. The van der Waals surface area contributed by atoms with Crippen molar-refractivity contribution in [2.75, 3.05) is 28.4 Å². The Morgan fingerprint density at radius 1 is 0.962 bits per heavy atom. The molecular formula is C19H21ClO6. The van der Waals surface area contributed by atoms with Crippen LogP contribution in [0.5, 0.6) is 23.0 Å². The van der Waals surface area contributed by atoms with Crippen LogP contribution in [0.15, 0.2) is 30.3 Å². The maximum atomic E-state index is 11.9. The molecule has 0 saturated carbocycles. The summed E-state index contributed by atoms with van der Waals surface area (Å²) in [6.45, 7) is 0. The molecule has 0 saturated heterocycles. The van der Waals surface area contributed by atoms with Crippen molar-refractivity contribution >= 4 is 17.6 Å². The SMILES string of the molecule is COc1ccc(C(Cc2cc(Cl)c(OC)c(OC)c2)C(=O)O)cc1OC. The predicted octanol–water partition coefficient (Wildman–Crippen LogP) is 3.79. The third-order valence-electron chi connectivity index (χ3n) is 4.04. The highest BCUT2D eigenvalue weighted by atomic mass is 35.5. The van der Waals surface area contributed by atoms with E-state index in [1.165, 1.54) is 28.4 Å². The zero-order valence-electron chi connectivity index (χ0n) is 15.0. The van der Waals surface area contributed by atoms with Gasteiger partial charge in [0.05, 0.1) is 39.4 Å². The minimum absolute atomic E-state index is 0.227. The maximum Gasteiger partial charge on any atom is 0.311 e. The Hall–Kier alpha value is -2.60. The summed E-state index contributed by atoms with van der Waals surface area (Å²) in [6, 6.07) is 8.47. The summed E-state index contributed by atoms with van der Waals surface area (Å²) in [5.41, 5.74) is 1.32. The minimum Gasteiger partial charge on any atom is -0.493 e. The number of ether oxygens (including phenoxy) is 4. The Morgan fingerprint density at radius 2 is 1.62 bits per heavy atom. The summed E-state index contributed by atoms with van der Waals surface area (Å²) in [5.74, 6) is 0.130. The summed E-state index contributed by atoms with van der Waals surface area (Å²) in [5, 5.41) is 10.1. The molecule has 0 aliphatic rings. The van der Waals surface area contributed by atoms with Crippen molar-refractivity contribution in [3.8, 4) is 23.0 Å². The monoisotopic (exact) mass is 380 g/mol. The van der Waals surface area contributed by atoms with Gasteiger partial charge in [0, 0.05) is 0 Å². The van der Waals surface area contributed by atoms with Gasteiger partial charge in [-0.15, -0.1) is 0 Å². The molecule has 1 unspecified atom stereocenters. The molecule has 6 nitrogen and oxygen atoms in total. The van der Waals surface area contributed by atoms with Crippen LogP contribution in [0.1, 0.15) is 17.0 Å². The van der Waals surface area contributed by atoms with Crippen LogP contribution in [0.4, 0.5) is 0 Å². The fraction of sp³-hybridized carbons (Fsp3) is 0.316. The fourth-order valence-corrected chi connectivity index (χ4v) is 3.05.